The fourth-order valence-corrected chi connectivity index (χ4v) is 5.46. The number of carbonyl (C=O) groups is 2. The first kappa shape index (κ1) is 20.0. The van der Waals surface area contributed by atoms with E-state index in [1.807, 2.05) is 0 Å². The monoisotopic (exact) mass is 393 g/mol. The summed E-state index contributed by atoms with van der Waals surface area (Å²) >= 11 is 0. The van der Waals surface area contributed by atoms with E-state index in [-0.39, 0.29) is 41.5 Å². The molecule has 7 nitrogen and oxygen atoms in total. The van der Waals surface area contributed by atoms with E-state index in [0.717, 1.165) is 19.3 Å². The lowest BCUT2D eigenvalue weighted by Crippen LogP contribution is -2.52. The zero-order valence-electron chi connectivity index (χ0n) is 15.6. The highest BCUT2D eigenvalue weighted by Gasteiger charge is 2.37. The van der Waals surface area contributed by atoms with Crippen molar-refractivity contribution < 1.29 is 18.0 Å². The van der Waals surface area contributed by atoms with E-state index in [9.17, 15) is 18.0 Å². The van der Waals surface area contributed by atoms with Gasteiger partial charge in [0, 0.05) is 37.7 Å². The molecular formula is C19H27N3O4S. The van der Waals surface area contributed by atoms with E-state index in [1.54, 1.807) is 4.90 Å². The highest BCUT2D eigenvalue weighted by Crippen LogP contribution is 2.32. The molecule has 1 aliphatic heterocycles. The van der Waals surface area contributed by atoms with Crippen molar-refractivity contribution in [3.8, 4) is 0 Å². The lowest BCUT2D eigenvalue weighted by Gasteiger charge is -2.36. The molecule has 2 N–H and O–H groups in total. The topological polar surface area (TPSA) is 101 Å². The molecule has 1 saturated heterocycles. The van der Waals surface area contributed by atoms with Crippen LogP contribution in [0.4, 0.5) is 0 Å². The minimum atomic E-state index is -3.62. The number of ketones is 1. The summed E-state index contributed by atoms with van der Waals surface area (Å²) in [5, 5.41) is 0. The van der Waals surface area contributed by atoms with Crippen molar-refractivity contribution in [2.24, 2.45) is 17.6 Å². The number of sulfonamides is 1. The third kappa shape index (κ3) is 4.07. The van der Waals surface area contributed by atoms with E-state index in [4.69, 9.17) is 5.73 Å². The van der Waals surface area contributed by atoms with Gasteiger partial charge in [0.2, 0.25) is 15.9 Å². The number of Topliss-reactive ketones (excluding diaryl/α,β-unsaturated/α-hetero) is 1. The Hall–Kier alpha value is -1.77. The fraction of sp³-hybridized carbons (Fsp3) is 0.579. The van der Waals surface area contributed by atoms with Gasteiger partial charge in [-0.1, -0.05) is 18.6 Å². The number of amides is 1. The number of hydrogen-bond acceptors (Lipinski definition) is 5. The zero-order valence-corrected chi connectivity index (χ0v) is 16.5. The Bertz CT molecular complexity index is 799. The molecule has 0 aromatic heterocycles. The molecular weight excluding hydrogens is 366 g/mol. The van der Waals surface area contributed by atoms with Gasteiger partial charge in [0.15, 0.2) is 5.78 Å². The van der Waals surface area contributed by atoms with Gasteiger partial charge in [0.25, 0.3) is 0 Å². The van der Waals surface area contributed by atoms with Crippen LogP contribution in [0.1, 0.15) is 36.5 Å². The Morgan fingerprint density at radius 2 is 1.70 bits per heavy atom. The molecule has 1 aromatic rings. The molecule has 0 spiro atoms. The minimum absolute atomic E-state index is 0.0164. The van der Waals surface area contributed by atoms with Crippen LogP contribution in [-0.4, -0.2) is 62.0 Å². The Morgan fingerprint density at radius 3 is 2.26 bits per heavy atom. The van der Waals surface area contributed by atoms with Gasteiger partial charge in [-0.3, -0.25) is 9.59 Å². The first-order chi connectivity index (χ1) is 12.8. The molecule has 148 valence electrons. The third-order valence-electron chi connectivity index (χ3n) is 5.73. The Kier molecular flexibility index (Phi) is 5.98. The van der Waals surface area contributed by atoms with Crippen molar-refractivity contribution in [1.82, 2.24) is 9.21 Å². The molecule has 0 radical (unpaired) electrons. The van der Waals surface area contributed by atoms with E-state index < -0.39 is 10.0 Å². The summed E-state index contributed by atoms with van der Waals surface area (Å²) in [6, 6.07) is 5.99. The van der Waals surface area contributed by atoms with Crippen LogP contribution in [0.25, 0.3) is 0 Å². The summed E-state index contributed by atoms with van der Waals surface area (Å²) in [6.07, 6.45) is 2.90. The SMILES string of the molecule is CC(=O)c1ccc(S(=O)(=O)N2CCN(C(=O)[C@@H]3CCC[C@@H]3CN)CC2)cc1. The molecule has 1 saturated carbocycles. The molecule has 1 amide bonds. The number of carbonyl (C=O) groups excluding carboxylic acids is 2. The first-order valence-corrected chi connectivity index (χ1v) is 10.9. The predicted molar refractivity (Wildman–Crippen MR) is 102 cm³/mol. The second-order valence-electron chi connectivity index (χ2n) is 7.34. The summed E-state index contributed by atoms with van der Waals surface area (Å²) in [7, 11) is -3.62. The van der Waals surface area contributed by atoms with Crippen molar-refractivity contribution in [3.05, 3.63) is 29.8 Å². The maximum Gasteiger partial charge on any atom is 0.243 e. The number of nitrogens with two attached hydrogens (primary N) is 1. The maximum atomic E-state index is 12.8. The van der Waals surface area contributed by atoms with Gasteiger partial charge in [-0.15, -0.1) is 0 Å². The van der Waals surface area contributed by atoms with E-state index in [1.165, 1.54) is 35.5 Å². The van der Waals surface area contributed by atoms with Crippen molar-refractivity contribution in [2.45, 2.75) is 31.1 Å². The summed E-state index contributed by atoms with van der Waals surface area (Å²) < 4.78 is 27.1. The standard InChI is InChI=1S/C19H27N3O4S/c1-14(23)15-5-7-17(8-6-15)27(25,26)22-11-9-21(10-12-22)19(24)18-4-2-3-16(18)13-20/h5-8,16,18H,2-4,9-13,20H2,1H3/t16-,18-/m1/s1. The van der Waals surface area contributed by atoms with Crippen molar-refractivity contribution in [3.63, 3.8) is 0 Å². The molecule has 27 heavy (non-hydrogen) atoms. The lowest BCUT2D eigenvalue weighted by atomic mass is 9.94. The summed E-state index contributed by atoms with van der Waals surface area (Å²) in [5.74, 6) is 0.246. The average Bonchev–Trinajstić information content (AvgIpc) is 3.16. The van der Waals surface area contributed by atoms with Crippen molar-refractivity contribution in [2.75, 3.05) is 32.7 Å². The quantitative estimate of drug-likeness (QED) is 0.755. The van der Waals surface area contributed by atoms with Gasteiger partial charge >= 0.3 is 0 Å². The molecule has 3 rings (SSSR count). The lowest BCUT2D eigenvalue weighted by molar-refractivity contribution is -0.137. The van der Waals surface area contributed by atoms with E-state index >= 15 is 0 Å². The first-order valence-electron chi connectivity index (χ1n) is 9.44. The van der Waals surface area contributed by atoms with Crippen molar-refractivity contribution >= 4 is 21.7 Å². The van der Waals surface area contributed by atoms with Gasteiger partial charge in [-0.2, -0.15) is 4.31 Å². The third-order valence-corrected chi connectivity index (χ3v) is 7.64. The van der Waals surface area contributed by atoms with Crippen molar-refractivity contribution in [1.29, 1.82) is 0 Å². The second-order valence-corrected chi connectivity index (χ2v) is 9.28. The molecule has 2 atom stereocenters. The summed E-state index contributed by atoms with van der Waals surface area (Å²) in [6.45, 7) is 3.33. The van der Waals surface area contributed by atoms with Crippen LogP contribution in [0.15, 0.2) is 29.2 Å². The smallest absolute Gasteiger partial charge is 0.243 e. The second kappa shape index (κ2) is 8.08. The largest absolute Gasteiger partial charge is 0.340 e. The molecule has 1 aliphatic carbocycles. The number of rotatable bonds is 5. The highest BCUT2D eigenvalue weighted by molar-refractivity contribution is 7.89. The van der Waals surface area contributed by atoms with Crippen LogP contribution in [0, 0.1) is 11.8 Å². The molecule has 8 heteroatoms. The van der Waals surface area contributed by atoms with E-state index in [0.29, 0.717) is 25.2 Å². The van der Waals surface area contributed by atoms with Crippen LogP contribution in [0.5, 0.6) is 0 Å². The Balaban J connectivity index is 1.64. The maximum absolute atomic E-state index is 12.8. The Morgan fingerprint density at radius 1 is 1.07 bits per heavy atom. The normalized spacial score (nSPS) is 24.1. The average molecular weight is 394 g/mol. The zero-order chi connectivity index (χ0) is 19.6. The molecule has 2 fully saturated rings. The van der Waals surface area contributed by atoms with Crippen LogP contribution in [0.3, 0.4) is 0 Å². The molecule has 2 aliphatic rings. The number of piperazine rings is 1. The number of benzene rings is 1. The highest BCUT2D eigenvalue weighted by atomic mass is 32.2. The summed E-state index contributed by atoms with van der Waals surface area (Å²) in [5.41, 5.74) is 6.27. The fourth-order valence-electron chi connectivity index (χ4n) is 4.04. The van der Waals surface area contributed by atoms with Gasteiger partial charge in [-0.05, 0) is 44.4 Å². The van der Waals surface area contributed by atoms with Gasteiger partial charge in [0.1, 0.15) is 0 Å². The van der Waals surface area contributed by atoms with Crippen LogP contribution in [0.2, 0.25) is 0 Å². The number of hydrogen-bond donors (Lipinski definition) is 1. The molecule has 0 unspecified atom stereocenters. The van der Waals surface area contributed by atoms with Crippen LogP contribution >= 0.6 is 0 Å². The van der Waals surface area contributed by atoms with Crippen LogP contribution < -0.4 is 5.73 Å². The summed E-state index contributed by atoms with van der Waals surface area (Å²) in [4.78, 5) is 26.1. The molecule has 1 heterocycles. The van der Waals surface area contributed by atoms with Crippen LogP contribution in [-0.2, 0) is 14.8 Å². The molecule has 0 bridgehead atoms. The van der Waals surface area contributed by atoms with E-state index in [2.05, 4.69) is 0 Å². The minimum Gasteiger partial charge on any atom is -0.340 e. The predicted octanol–water partition coefficient (Wildman–Crippen LogP) is 1.10. The number of nitrogens with zero attached hydrogens (tertiary/aromatic N) is 2. The Labute approximate surface area is 160 Å². The van der Waals surface area contributed by atoms with Gasteiger partial charge in [0.05, 0.1) is 4.90 Å². The van der Waals surface area contributed by atoms with Gasteiger partial charge < -0.3 is 10.6 Å². The van der Waals surface area contributed by atoms with Gasteiger partial charge in [-0.25, -0.2) is 8.42 Å². The molecule has 1 aromatic carbocycles.